The van der Waals surface area contributed by atoms with Crippen LogP contribution in [0.3, 0.4) is 0 Å². The van der Waals surface area contributed by atoms with E-state index in [1.807, 2.05) is 12.1 Å². The first kappa shape index (κ1) is 13.5. The second kappa shape index (κ2) is 4.97. The molecule has 2 rings (SSSR count). The van der Waals surface area contributed by atoms with Gasteiger partial charge in [0.15, 0.2) is 11.6 Å². The molecule has 2 nitrogen and oxygen atoms in total. The molecule has 0 saturated heterocycles. The molecule has 0 fully saturated rings. The van der Waals surface area contributed by atoms with E-state index >= 15 is 0 Å². The molecule has 19 heavy (non-hydrogen) atoms. The van der Waals surface area contributed by atoms with Crippen LogP contribution in [0.1, 0.15) is 18.1 Å². The second-order valence-corrected chi connectivity index (χ2v) is 4.53. The van der Waals surface area contributed by atoms with Crippen LogP contribution >= 0.6 is 0 Å². The molecular weight excluding hydrogens is 248 g/mol. The zero-order chi connectivity index (χ0) is 14.0. The quantitative estimate of drug-likeness (QED) is 0.923. The Kier molecular flexibility index (Phi) is 3.53. The van der Waals surface area contributed by atoms with Crippen molar-refractivity contribution in [3.05, 3.63) is 65.2 Å². The molecule has 1 atom stereocenters. The first-order chi connectivity index (χ1) is 8.96. The average Bonchev–Trinajstić information content (AvgIpc) is 2.41. The fraction of sp³-hybridized carbons (Fsp3) is 0.200. The summed E-state index contributed by atoms with van der Waals surface area (Å²) in [5.74, 6) is -1.19. The van der Waals surface area contributed by atoms with Crippen molar-refractivity contribution in [1.82, 2.24) is 0 Å². The van der Waals surface area contributed by atoms with Crippen LogP contribution in [-0.4, -0.2) is 7.11 Å². The predicted molar refractivity (Wildman–Crippen MR) is 70.0 cm³/mol. The molecule has 0 spiro atoms. The van der Waals surface area contributed by atoms with Crippen molar-refractivity contribution in [2.45, 2.75) is 12.5 Å². The fourth-order valence-corrected chi connectivity index (χ4v) is 2.05. The van der Waals surface area contributed by atoms with E-state index in [4.69, 9.17) is 10.5 Å². The van der Waals surface area contributed by atoms with Crippen molar-refractivity contribution in [2.24, 2.45) is 5.73 Å². The Morgan fingerprint density at radius 3 is 2.37 bits per heavy atom. The smallest absolute Gasteiger partial charge is 0.159 e. The third kappa shape index (κ3) is 2.44. The summed E-state index contributed by atoms with van der Waals surface area (Å²) in [5.41, 5.74) is 6.51. The van der Waals surface area contributed by atoms with Crippen molar-refractivity contribution < 1.29 is 13.5 Å². The van der Waals surface area contributed by atoms with Crippen LogP contribution in [0.4, 0.5) is 8.78 Å². The van der Waals surface area contributed by atoms with E-state index in [-0.39, 0.29) is 0 Å². The monoisotopic (exact) mass is 263 g/mol. The molecule has 0 amide bonds. The highest BCUT2D eigenvalue weighted by Gasteiger charge is 2.27. The molecule has 2 aromatic rings. The lowest BCUT2D eigenvalue weighted by Gasteiger charge is -2.27. The molecule has 0 aliphatic heterocycles. The number of benzene rings is 2. The Balaban J connectivity index is 2.54. The minimum atomic E-state index is -0.971. The van der Waals surface area contributed by atoms with E-state index in [2.05, 4.69) is 0 Å². The second-order valence-electron chi connectivity index (χ2n) is 4.53. The lowest BCUT2D eigenvalue weighted by molar-refractivity contribution is 0.398. The molecule has 0 bridgehead atoms. The number of para-hydroxylation sites is 1. The maximum absolute atomic E-state index is 13.3. The van der Waals surface area contributed by atoms with Crippen molar-refractivity contribution in [3.63, 3.8) is 0 Å². The summed E-state index contributed by atoms with van der Waals surface area (Å²) in [7, 11) is 1.54. The predicted octanol–water partition coefficient (Wildman–Crippen LogP) is 3.20. The van der Waals surface area contributed by atoms with Gasteiger partial charge in [-0.2, -0.15) is 0 Å². The lowest BCUT2D eigenvalue weighted by Crippen LogP contribution is -2.34. The molecule has 100 valence electrons. The Morgan fingerprint density at radius 1 is 1.05 bits per heavy atom. The first-order valence-corrected chi connectivity index (χ1v) is 5.84. The van der Waals surface area contributed by atoms with Gasteiger partial charge in [0.1, 0.15) is 5.75 Å². The normalized spacial score (nSPS) is 13.9. The molecule has 0 aliphatic carbocycles. The number of hydrogen-bond acceptors (Lipinski definition) is 2. The van der Waals surface area contributed by atoms with Crippen molar-refractivity contribution >= 4 is 0 Å². The minimum absolute atomic E-state index is 0.482. The molecule has 0 heterocycles. The van der Waals surface area contributed by atoms with Gasteiger partial charge < -0.3 is 10.5 Å². The molecule has 4 heteroatoms. The number of halogens is 2. The molecule has 2 N–H and O–H groups in total. The van der Waals surface area contributed by atoms with Crippen molar-refractivity contribution in [2.75, 3.05) is 7.11 Å². The maximum Gasteiger partial charge on any atom is 0.159 e. The van der Waals surface area contributed by atoms with Gasteiger partial charge in [0.2, 0.25) is 0 Å². The standard InChI is InChI=1S/C15H15F2NO/c1-15(18,10-7-8-12(16)13(17)9-10)11-5-3-4-6-14(11)19-2/h3-9H,18H2,1-2H3. The highest BCUT2D eigenvalue weighted by molar-refractivity contribution is 5.45. The molecular formula is C15H15F2NO. The number of hydrogen-bond donors (Lipinski definition) is 1. The van der Waals surface area contributed by atoms with E-state index in [1.54, 1.807) is 26.2 Å². The van der Waals surface area contributed by atoms with Crippen LogP contribution in [0.25, 0.3) is 0 Å². The third-order valence-electron chi connectivity index (χ3n) is 3.19. The van der Waals surface area contributed by atoms with Gasteiger partial charge in [-0.05, 0) is 30.7 Å². The van der Waals surface area contributed by atoms with Gasteiger partial charge in [-0.15, -0.1) is 0 Å². The Morgan fingerprint density at radius 2 is 1.74 bits per heavy atom. The van der Waals surface area contributed by atoms with Gasteiger partial charge in [-0.3, -0.25) is 0 Å². The van der Waals surface area contributed by atoms with Gasteiger partial charge in [-0.1, -0.05) is 24.3 Å². The molecule has 1 unspecified atom stereocenters. The summed E-state index contributed by atoms with van der Waals surface area (Å²) >= 11 is 0. The van der Waals surface area contributed by atoms with Gasteiger partial charge in [0, 0.05) is 5.56 Å². The Labute approximate surface area is 110 Å². The van der Waals surface area contributed by atoms with Crippen LogP contribution in [-0.2, 0) is 5.54 Å². The molecule has 0 saturated carbocycles. The average molecular weight is 263 g/mol. The fourth-order valence-electron chi connectivity index (χ4n) is 2.05. The Bertz CT molecular complexity index is 596. The van der Waals surface area contributed by atoms with Crippen molar-refractivity contribution in [1.29, 1.82) is 0 Å². The number of ether oxygens (including phenoxy) is 1. The van der Waals surface area contributed by atoms with E-state index in [0.29, 0.717) is 16.9 Å². The molecule has 2 aromatic carbocycles. The van der Waals surface area contributed by atoms with Gasteiger partial charge >= 0.3 is 0 Å². The van der Waals surface area contributed by atoms with Gasteiger partial charge in [0.25, 0.3) is 0 Å². The number of nitrogens with two attached hydrogens (primary N) is 1. The van der Waals surface area contributed by atoms with E-state index in [1.165, 1.54) is 6.07 Å². The summed E-state index contributed by atoms with van der Waals surface area (Å²) in [5, 5.41) is 0. The third-order valence-corrected chi connectivity index (χ3v) is 3.19. The molecule has 0 aliphatic rings. The maximum atomic E-state index is 13.3. The van der Waals surface area contributed by atoms with Crippen LogP contribution < -0.4 is 10.5 Å². The van der Waals surface area contributed by atoms with E-state index in [0.717, 1.165) is 12.1 Å². The molecule has 0 radical (unpaired) electrons. The number of methoxy groups -OCH3 is 1. The van der Waals surface area contributed by atoms with Crippen molar-refractivity contribution in [3.8, 4) is 5.75 Å². The van der Waals surface area contributed by atoms with E-state index in [9.17, 15) is 8.78 Å². The number of rotatable bonds is 3. The topological polar surface area (TPSA) is 35.2 Å². The van der Waals surface area contributed by atoms with Crippen LogP contribution in [0.5, 0.6) is 5.75 Å². The minimum Gasteiger partial charge on any atom is -0.496 e. The largest absolute Gasteiger partial charge is 0.496 e. The van der Waals surface area contributed by atoms with Crippen LogP contribution in [0, 0.1) is 11.6 Å². The van der Waals surface area contributed by atoms with Crippen LogP contribution in [0.15, 0.2) is 42.5 Å². The van der Waals surface area contributed by atoms with Crippen LogP contribution in [0.2, 0.25) is 0 Å². The zero-order valence-corrected chi connectivity index (χ0v) is 10.8. The summed E-state index contributed by atoms with van der Waals surface area (Å²) in [6.45, 7) is 1.73. The highest BCUT2D eigenvalue weighted by Crippen LogP contribution is 2.33. The summed E-state index contributed by atoms with van der Waals surface area (Å²) in [6.07, 6.45) is 0. The summed E-state index contributed by atoms with van der Waals surface area (Å²) < 4.78 is 31.6. The summed E-state index contributed by atoms with van der Waals surface area (Å²) in [4.78, 5) is 0. The lowest BCUT2D eigenvalue weighted by atomic mass is 9.85. The Hall–Kier alpha value is -1.94. The molecule has 0 aromatic heterocycles. The SMILES string of the molecule is COc1ccccc1C(C)(N)c1ccc(F)c(F)c1. The van der Waals surface area contributed by atoms with Gasteiger partial charge in [0.05, 0.1) is 12.6 Å². The van der Waals surface area contributed by atoms with E-state index < -0.39 is 17.2 Å². The zero-order valence-electron chi connectivity index (χ0n) is 10.8. The first-order valence-electron chi connectivity index (χ1n) is 5.84. The highest BCUT2D eigenvalue weighted by atomic mass is 19.2. The summed E-state index contributed by atoms with van der Waals surface area (Å²) in [6, 6.07) is 10.9. The van der Waals surface area contributed by atoms with Gasteiger partial charge in [-0.25, -0.2) is 8.78 Å².